The van der Waals surface area contributed by atoms with Gasteiger partial charge in [0.25, 0.3) is 0 Å². The summed E-state index contributed by atoms with van der Waals surface area (Å²) in [6.45, 7) is 2.08. The lowest BCUT2D eigenvalue weighted by Gasteiger charge is -2.14. The van der Waals surface area contributed by atoms with Crippen molar-refractivity contribution >= 4 is 15.9 Å². The molecule has 0 amide bonds. The summed E-state index contributed by atoms with van der Waals surface area (Å²) in [5.74, 6) is 0. The fraction of sp³-hybridized carbons (Fsp3) is 0.231. The fourth-order valence-corrected chi connectivity index (χ4v) is 2.16. The monoisotopic (exact) mass is 279 g/mol. The Labute approximate surface area is 104 Å². The van der Waals surface area contributed by atoms with Gasteiger partial charge in [0.2, 0.25) is 0 Å². The second-order valence-corrected chi connectivity index (χ2v) is 4.86. The molecular weight excluding hydrogens is 266 g/mol. The van der Waals surface area contributed by atoms with Crippen LogP contribution in [-0.4, -0.2) is 0 Å². The van der Waals surface area contributed by atoms with Gasteiger partial charge in [-0.3, -0.25) is 0 Å². The molecule has 1 atom stereocenters. The molecule has 1 aromatic heterocycles. The lowest BCUT2D eigenvalue weighted by Crippen LogP contribution is -2.14. The van der Waals surface area contributed by atoms with E-state index < -0.39 is 0 Å². The summed E-state index contributed by atoms with van der Waals surface area (Å²) in [5.41, 5.74) is 9.72. The highest BCUT2D eigenvalue weighted by atomic mass is 79.9. The Morgan fingerprint density at radius 3 is 2.88 bits per heavy atom. The van der Waals surface area contributed by atoms with E-state index in [1.54, 1.807) is 12.5 Å². The number of hydrogen-bond acceptors (Lipinski definition) is 2. The summed E-state index contributed by atoms with van der Waals surface area (Å²) in [6.07, 6.45) is 4.22. The Balaban J connectivity index is 2.20. The molecule has 0 fully saturated rings. The molecule has 84 valence electrons. The Bertz CT molecular complexity index is 465. The van der Waals surface area contributed by atoms with E-state index in [1.165, 1.54) is 11.1 Å². The number of nitrogens with two attached hydrogens (primary N) is 1. The molecule has 0 aliphatic rings. The van der Waals surface area contributed by atoms with Crippen molar-refractivity contribution in [1.82, 2.24) is 0 Å². The molecule has 0 aliphatic heterocycles. The van der Waals surface area contributed by atoms with Gasteiger partial charge in [-0.25, -0.2) is 0 Å². The first kappa shape index (κ1) is 11.4. The minimum absolute atomic E-state index is 0.00935. The van der Waals surface area contributed by atoms with Crippen molar-refractivity contribution in [2.75, 3.05) is 0 Å². The topological polar surface area (TPSA) is 39.2 Å². The number of benzene rings is 1. The number of rotatable bonds is 3. The van der Waals surface area contributed by atoms with Crippen LogP contribution >= 0.6 is 15.9 Å². The van der Waals surface area contributed by atoms with Crippen LogP contribution in [0.5, 0.6) is 0 Å². The molecule has 0 spiro atoms. The van der Waals surface area contributed by atoms with Crippen LogP contribution in [0.1, 0.15) is 22.7 Å². The molecule has 0 aliphatic carbocycles. The van der Waals surface area contributed by atoms with Gasteiger partial charge in [-0.1, -0.05) is 22.0 Å². The summed E-state index contributed by atoms with van der Waals surface area (Å²) in [6, 6.07) is 8.15. The summed E-state index contributed by atoms with van der Waals surface area (Å²) in [7, 11) is 0. The standard InChI is InChI=1S/C13H14BrNO/c1-9-2-3-11(14)7-12(9)13(15)6-10-4-5-16-8-10/h2-5,7-8,13H,6,15H2,1H3. The van der Waals surface area contributed by atoms with E-state index in [-0.39, 0.29) is 6.04 Å². The molecule has 1 unspecified atom stereocenters. The quantitative estimate of drug-likeness (QED) is 0.933. The fourth-order valence-electron chi connectivity index (χ4n) is 1.78. The maximum absolute atomic E-state index is 6.19. The largest absolute Gasteiger partial charge is 0.472 e. The Hall–Kier alpha value is -1.06. The molecule has 2 aromatic rings. The Kier molecular flexibility index (Phi) is 3.46. The highest BCUT2D eigenvalue weighted by molar-refractivity contribution is 9.10. The molecular formula is C13H14BrNO. The van der Waals surface area contributed by atoms with Crippen LogP contribution in [0.4, 0.5) is 0 Å². The number of aryl methyl sites for hydroxylation is 1. The first-order valence-corrected chi connectivity index (χ1v) is 5.99. The molecule has 2 rings (SSSR count). The van der Waals surface area contributed by atoms with Gasteiger partial charge in [0.1, 0.15) is 0 Å². The molecule has 2 N–H and O–H groups in total. The summed E-state index contributed by atoms with van der Waals surface area (Å²) in [4.78, 5) is 0. The van der Waals surface area contributed by atoms with Gasteiger partial charge < -0.3 is 10.2 Å². The first-order valence-electron chi connectivity index (χ1n) is 5.19. The van der Waals surface area contributed by atoms with Crippen molar-refractivity contribution in [3.05, 3.63) is 58.0 Å². The third-order valence-corrected chi connectivity index (χ3v) is 3.17. The molecule has 0 saturated heterocycles. The molecule has 3 heteroatoms. The van der Waals surface area contributed by atoms with Crippen LogP contribution in [0.15, 0.2) is 45.7 Å². The zero-order valence-electron chi connectivity index (χ0n) is 9.11. The molecule has 1 aromatic carbocycles. The van der Waals surface area contributed by atoms with E-state index >= 15 is 0 Å². The van der Waals surface area contributed by atoms with Crippen LogP contribution in [0.2, 0.25) is 0 Å². The van der Waals surface area contributed by atoms with Gasteiger partial charge in [-0.2, -0.15) is 0 Å². The van der Waals surface area contributed by atoms with Crippen molar-refractivity contribution in [2.45, 2.75) is 19.4 Å². The van der Waals surface area contributed by atoms with Crippen LogP contribution < -0.4 is 5.73 Å². The van der Waals surface area contributed by atoms with Gasteiger partial charge in [0, 0.05) is 10.5 Å². The predicted molar refractivity (Wildman–Crippen MR) is 68.2 cm³/mol. The van der Waals surface area contributed by atoms with E-state index in [1.807, 2.05) is 12.1 Å². The highest BCUT2D eigenvalue weighted by Crippen LogP contribution is 2.23. The van der Waals surface area contributed by atoms with Crippen molar-refractivity contribution in [3.8, 4) is 0 Å². The lowest BCUT2D eigenvalue weighted by molar-refractivity contribution is 0.561. The zero-order chi connectivity index (χ0) is 11.5. The zero-order valence-corrected chi connectivity index (χ0v) is 10.7. The summed E-state index contributed by atoms with van der Waals surface area (Å²) in [5, 5.41) is 0. The number of furan rings is 1. The highest BCUT2D eigenvalue weighted by Gasteiger charge is 2.10. The minimum Gasteiger partial charge on any atom is -0.472 e. The van der Waals surface area contributed by atoms with Gasteiger partial charge >= 0.3 is 0 Å². The first-order chi connectivity index (χ1) is 7.66. The normalized spacial score (nSPS) is 12.7. The van der Waals surface area contributed by atoms with E-state index in [0.717, 1.165) is 16.5 Å². The van der Waals surface area contributed by atoms with E-state index in [9.17, 15) is 0 Å². The van der Waals surface area contributed by atoms with E-state index in [0.29, 0.717) is 0 Å². The van der Waals surface area contributed by atoms with Gasteiger partial charge in [0.15, 0.2) is 0 Å². The molecule has 0 radical (unpaired) electrons. The maximum Gasteiger partial charge on any atom is 0.0935 e. The predicted octanol–water partition coefficient (Wildman–Crippen LogP) is 3.59. The van der Waals surface area contributed by atoms with Crippen LogP contribution in [0, 0.1) is 6.92 Å². The smallest absolute Gasteiger partial charge is 0.0935 e. The maximum atomic E-state index is 6.19. The average Bonchev–Trinajstić information content (AvgIpc) is 2.74. The van der Waals surface area contributed by atoms with Gasteiger partial charge in [0.05, 0.1) is 12.5 Å². The number of hydrogen-bond donors (Lipinski definition) is 1. The van der Waals surface area contributed by atoms with Crippen molar-refractivity contribution in [1.29, 1.82) is 0 Å². The second kappa shape index (κ2) is 4.85. The van der Waals surface area contributed by atoms with Crippen LogP contribution in [0.25, 0.3) is 0 Å². The van der Waals surface area contributed by atoms with Crippen molar-refractivity contribution in [2.24, 2.45) is 5.73 Å². The lowest BCUT2D eigenvalue weighted by atomic mass is 9.97. The van der Waals surface area contributed by atoms with Crippen LogP contribution in [-0.2, 0) is 6.42 Å². The van der Waals surface area contributed by atoms with Crippen LogP contribution in [0.3, 0.4) is 0 Å². The third kappa shape index (κ3) is 2.54. The Morgan fingerprint density at radius 1 is 1.38 bits per heavy atom. The SMILES string of the molecule is Cc1ccc(Br)cc1C(N)Cc1ccoc1. The van der Waals surface area contributed by atoms with E-state index in [4.69, 9.17) is 10.2 Å². The van der Waals surface area contributed by atoms with Gasteiger partial charge in [-0.05, 0) is 48.2 Å². The summed E-state index contributed by atoms with van der Waals surface area (Å²) >= 11 is 3.47. The molecule has 1 heterocycles. The average molecular weight is 280 g/mol. The minimum atomic E-state index is 0.00935. The van der Waals surface area contributed by atoms with Crippen molar-refractivity contribution in [3.63, 3.8) is 0 Å². The van der Waals surface area contributed by atoms with Gasteiger partial charge in [-0.15, -0.1) is 0 Å². The molecule has 16 heavy (non-hydrogen) atoms. The van der Waals surface area contributed by atoms with E-state index in [2.05, 4.69) is 35.0 Å². The summed E-state index contributed by atoms with van der Waals surface area (Å²) < 4.78 is 6.11. The molecule has 2 nitrogen and oxygen atoms in total. The molecule has 0 bridgehead atoms. The second-order valence-electron chi connectivity index (χ2n) is 3.94. The van der Waals surface area contributed by atoms with Crippen molar-refractivity contribution < 1.29 is 4.42 Å². The molecule has 0 saturated carbocycles. The third-order valence-electron chi connectivity index (χ3n) is 2.68. The Morgan fingerprint density at radius 2 is 2.19 bits per heavy atom. The number of halogens is 1.